The zero-order valence-electron chi connectivity index (χ0n) is 12.7. The van der Waals surface area contributed by atoms with Crippen LogP contribution in [0.25, 0.3) is 0 Å². The van der Waals surface area contributed by atoms with Crippen molar-refractivity contribution in [3.63, 3.8) is 0 Å². The van der Waals surface area contributed by atoms with Crippen LogP contribution in [0.2, 0.25) is 0 Å². The van der Waals surface area contributed by atoms with Crippen LogP contribution in [0.4, 0.5) is 0 Å². The fourth-order valence-electron chi connectivity index (χ4n) is 2.89. The molecule has 0 aromatic carbocycles. The molecule has 120 valence electrons. The van der Waals surface area contributed by atoms with Crippen molar-refractivity contribution in [3.8, 4) is 0 Å². The second-order valence-corrected chi connectivity index (χ2v) is 8.13. The smallest absolute Gasteiger partial charge is 0.247 e. The molecule has 21 heavy (non-hydrogen) atoms. The highest BCUT2D eigenvalue weighted by Crippen LogP contribution is 2.34. The molecule has 2 rings (SSSR count). The first-order chi connectivity index (χ1) is 9.87. The Kier molecular flexibility index (Phi) is 5.51. The highest BCUT2D eigenvalue weighted by molar-refractivity contribution is 9.10. The average molecular weight is 379 g/mol. The lowest BCUT2D eigenvalue weighted by atomic mass is 10.0. The summed E-state index contributed by atoms with van der Waals surface area (Å²) in [6.07, 6.45) is 2.89. The lowest BCUT2D eigenvalue weighted by Gasteiger charge is -2.37. The summed E-state index contributed by atoms with van der Waals surface area (Å²) in [5, 5.41) is 3.13. The molecule has 1 N–H and O–H groups in total. The third-order valence-corrected chi connectivity index (χ3v) is 6.91. The van der Waals surface area contributed by atoms with Crippen molar-refractivity contribution in [1.29, 1.82) is 0 Å². The normalized spacial score (nSPS) is 24.4. The largest absolute Gasteiger partial charge is 0.452 e. The SMILES string of the molecule is CCNCc1cc(S(=O)(=O)N2C(C)CCCC2C)c(Br)o1. The van der Waals surface area contributed by atoms with Crippen LogP contribution in [0.3, 0.4) is 0 Å². The number of sulfonamides is 1. The first kappa shape index (κ1) is 17.0. The second-order valence-electron chi connectivity index (χ2n) is 5.59. The molecule has 1 saturated heterocycles. The Hall–Kier alpha value is -0.370. The third kappa shape index (κ3) is 3.52. The predicted molar refractivity (Wildman–Crippen MR) is 85.6 cm³/mol. The van der Waals surface area contributed by atoms with Crippen LogP contribution < -0.4 is 5.32 Å². The third-order valence-electron chi connectivity index (χ3n) is 3.92. The Labute approximate surface area is 135 Å². The molecule has 0 aliphatic carbocycles. The maximum Gasteiger partial charge on any atom is 0.247 e. The molecule has 0 saturated carbocycles. The zero-order valence-corrected chi connectivity index (χ0v) is 15.1. The zero-order chi connectivity index (χ0) is 15.6. The van der Waals surface area contributed by atoms with Gasteiger partial charge in [0, 0.05) is 18.2 Å². The summed E-state index contributed by atoms with van der Waals surface area (Å²) in [4.78, 5) is 0.232. The Morgan fingerprint density at radius 1 is 1.38 bits per heavy atom. The molecule has 2 atom stereocenters. The van der Waals surface area contributed by atoms with E-state index in [1.54, 1.807) is 10.4 Å². The monoisotopic (exact) mass is 378 g/mol. The molecule has 1 fully saturated rings. The fraction of sp³-hybridized carbons (Fsp3) is 0.714. The minimum absolute atomic E-state index is 0.0257. The number of hydrogen-bond donors (Lipinski definition) is 1. The van der Waals surface area contributed by atoms with Gasteiger partial charge in [0.1, 0.15) is 10.7 Å². The van der Waals surface area contributed by atoms with Crippen molar-refractivity contribution in [3.05, 3.63) is 16.5 Å². The molecule has 0 spiro atoms. The first-order valence-corrected chi connectivity index (χ1v) is 9.63. The van der Waals surface area contributed by atoms with Gasteiger partial charge in [-0.15, -0.1) is 0 Å². The summed E-state index contributed by atoms with van der Waals surface area (Å²) < 4.78 is 33.3. The highest BCUT2D eigenvalue weighted by atomic mass is 79.9. The van der Waals surface area contributed by atoms with Gasteiger partial charge in [0.15, 0.2) is 4.67 Å². The molecular formula is C14H23BrN2O3S. The van der Waals surface area contributed by atoms with Crippen LogP contribution in [-0.4, -0.2) is 31.4 Å². The summed E-state index contributed by atoms with van der Waals surface area (Å²) in [5.74, 6) is 0.625. The molecule has 1 aliphatic heterocycles. The van der Waals surface area contributed by atoms with Gasteiger partial charge in [-0.25, -0.2) is 8.42 Å². The van der Waals surface area contributed by atoms with E-state index < -0.39 is 10.0 Å². The maximum atomic E-state index is 12.9. The number of piperidine rings is 1. The van der Waals surface area contributed by atoms with E-state index in [0.717, 1.165) is 25.8 Å². The van der Waals surface area contributed by atoms with E-state index in [2.05, 4.69) is 21.2 Å². The van der Waals surface area contributed by atoms with Gasteiger partial charge in [-0.3, -0.25) is 0 Å². The summed E-state index contributed by atoms with van der Waals surface area (Å²) in [6, 6.07) is 1.67. The van der Waals surface area contributed by atoms with E-state index in [-0.39, 0.29) is 17.0 Å². The minimum Gasteiger partial charge on any atom is -0.452 e. The molecule has 0 amide bonds. The number of furan rings is 1. The van der Waals surface area contributed by atoms with Gasteiger partial charge < -0.3 is 9.73 Å². The number of nitrogens with one attached hydrogen (secondary N) is 1. The molecule has 1 aliphatic rings. The van der Waals surface area contributed by atoms with E-state index >= 15 is 0 Å². The van der Waals surface area contributed by atoms with Crippen molar-refractivity contribution in [2.24, 2.45) is 0 Å². The number of hydrogen-bond acceptors (Lipinski definition) is 4. The maximum absolute atomic E-state index is 12.9. The molecular weight excluding hydrogens is 356 g/mol. The Morgan fingerprint density at radius 2 is 2.00 bits per heavy atom. The van der Waals surface area contributed by atoms with Gasteiger partial charge in [-0.05, 0) is 49.2 Å². The molecule has 7 heteroatoms. The number of nitrogens with zero attached hydrogens (tertiary/aromatic N) is 1. The van der Waals surface area contributed by atoms with E-state index in [9.17, 15) is 8.42 Å². The van der Waals surface area contributed by atoms with Crippen LogP contribution in [0.5, 0.6) is 0 Å². The van der Waals surface area contributed by atoms with E-state index in [0.29, 0.717) is 17.0 Å². The quantitative estimate of drug-likeness (QED) is 0.854. The van der Waals surface area contributed by atoms with Gasteiger partial charge in [0.2, 0.25) is 10.0 Å². The topological polar surface area (TPSA) is 62.6 Å². The summed E-state index contributed by atoms with van der Waals surface area (Å²) in [5.41, 5.74) is 0. The minimum atomic E-state index is -3.53. The van der Waals surface area contributed by atoms with Crippen LogP contribution in [-0.2, 0) is 16.6 Å². The standard InChI is InChI=1S/C14H23BrN2O3S/c1-4-16-9-12-8-13(14(15)20-12)21(18,19)17-10(2)6-5-7-11(17)3/h8,10-11,16H,4-7,9H2,1-3H3. The van der Waals surface area contributed by atoms with Gasteiger partial charge >= 0.3 is 0 Å². The van der Waals surface area contributed by atoms with Crippen LogP contribution in [0.1, 0.15) is 45.8 Å². The van der Waals surface area contributed by atoms with Crippen molar-refractivity contribution in [2.75, 3.05) is 6.54 Å². The summed E-state index contributed by atoms with van der Waals surface area (Å²) >= 11 is 3.25. The van der Waals surface area contributed by atoms with Crippen LogP contribution in [0, 0.1) is 0 Å². The Balaban J connectivity index is 2.32. The molecule has 0 bridgehead atoms. The Bertz CT molecular complexity index is 575. The van der Waals surface area contributed by atoms with Gasteiger partial charge in [0.05, 0.1) is 6.54 Å². The predicted octanol–water partition coefficient (Wildman–Crippen LogP) is 3.10. The molecule has 1 aromatic heterocycles. The van der Waals surface area contributed by atoms with E-state index in [4.69, 9.17) is 4.42 Å². The van der Waals surface area contributed by atoms with Gasteiger partial charge in [-0.1, -0.05) is 13.3 Å². The van der Waals surface area contributed by atoms with Crippen molar-refractivity contribution in [1.82, 2.24) is 9.62 Å². The van der Waals surface area contributed by atoms with Gasteiger partial charge in [0.25, 0.3) is 0 Å². The fourth-order valence-corrected chi connectivity index (χ4v) is 5.74. The molecule has 0 radical (unpaired) electrons. The van der Waals surface area contributed by atoms with E-state index in [1.165, 1.54) is 0 Å². The molecule has 1 aromatic rings. The van der Waals surface area contributed by atoms with Crippen molar-refractivity contribution in [2.45, 2.75) is 63.6 Å². The van der Waals surface area contributed by atoms with Gasteiger partial charge in [-0.2, -0.15) is 4.31 Å². The second kappa shape index (κ2) is 6.81. The molecule has 2 unspecified atom stereocenters. The number of halogens is 1. The Morgan fingerprint density at radius 3 is 2.57 bits per heavy atom. The van der Waals surface area contributed by atoms with Crippen LogP contribution >= 0.6 is 15.9 Å². The molecule has 5 nitrogen and oxygen atoms in total. The lowest BCUT2D eigenvalue weighted by molar-refractivity contribution is 0.204. The number of rotatable bonds is 5. The first-order valence-electron chi connectivity index (χ1n) is 7.40. The van der Waals surface area contributed by atoms with Crippen molar-refractivity contribution >= 4 is 26.0 Å². The molecule has 2 heterocycles. The lowest BCUT2D eigenvalue weighted by Crippen LogP contribution is -2.47. The summed E-state index contributed by atoms with van der Waals surface area (Å²) in [6.45, 7) is 7.27. The van der Waals surface area contributed by atoms with Crippen LogP contribution in [0.15, 0.2) is 20.0 Å². The van der Waals surface area contributed by atoms with Crippen molar-refractivity contribution < 1.29 is 12.8 Å². The summed E-state index contributed by atoms with van der Waals surface area (Å²) in [7, 11) is -3.53. The average Bonchev–Trinajstić information content (AvgIpc) is 2.78. The van der Waals surface area contributed by atoms with E-state index in [1.807, 2.05) is 20.8 Å². The highest BCUT2D eigenvalue weighted by Gasteiger charge is 2.37.